The first kappa shape index (κ1) is 9.52. The molecule has 0 bridgehead atoms. The van der Waals surface area contributed by atoms with Crippen LogP contribution in [-0.2, 0) is 4.79 Å². The van der Waals surface area contributed by atoms with Crippen LogP contribution in [0, 0.1) is 5.92 Å². The number of carbonyl (C=O) groups is 1. The van der Waals surface area contributed by atoms with E-state index in [0.717, 1.165) is 6.42 Å². The van der Waals surface area contributed by atoms with E-state index in [1.165, 1.54) is 12.8 Å². The summed E-state index contributed by atoms with van der Waals surface area (Å²) in [7, 11) is 0. The van der Waals surface area contributed by atoms with E-state index in [-0.39, 0.29) is 18.6 Å². The maximum atomic E-state index is 11.2. The van der Waals surface area contributed by atoms with Crippen molar-refractivity contribution in [2.45, 2.75) is 38.6 Å². The standard InChI is InChI=1S/C9H17NO2/c1-2-8(6-11)10-9(12)5-7-3-4-7/h7-8,11H,2-6H2,1H3,(H,10,12)/t8-/m1/s1. The molecule has 0 radical (unpaired) electrons. The molecule has 1 fully saturated rings. The lowest BCUT2D eigenvalue weighted by Crippen LogP contribution is -2.36. The molecule has 1 saturated carbocycles. The molecule has 1 amide bonds. The first-order chi connectivity index (χ1) is 5.76. The van der Waals surface area contributed by atoms with Gasteiger partial charge in [0.1, 0.15) is 0 Å². The molecule has 2 N–H and O–H groups in total. The molecule has 0 unspecified atom stereocenters. The molecular weight excluding hydrogens is 154 g/mol. The van der Waals surface area contributed by atoms with Gasteiger partial charge in [-0.1, -0.05) is 6.92 Å². The van der Waals surface area contributed by atoms with Crippen molar-refractivity contribution in [3.05, 3.63) is 0 Å². The highest BCUT2D eigenvalue weighted by Gasteiger charge is 2.24. The van der Waals surface area contributed by atoms with Crippen molar-refractivity contribution < 1.29 is 9.90 Å². The first-order valence-electron chi connectivity index (χ1n) is 4.66. The number of rotatable bonds is 5. The zero-order chi connectivity index (χ0) is 8.97. The van der Waals surface area contributed by atoms with Gasteiger partial charge < -0.3 is 10.4 Å². The Labute approximate surface area is 73.2 Å². The average Bonchev–Trinajstić information content (AvgIpc) is 2.84. The Morgan fingerprint density at radius 3 is 2.75 bits per heavy atom. The molecule has 0 aromatic carbocycles. The Balaban J connectivity index is 2.13. The van der Waals surface area contributed by atoms with Gasteiger partial charge in [-0.05, 0) is 25.2 Å². The van der Waals surface area contributed by atoms with Crippen LogP contribution in [-0.4, -0.2) is 23.7 Å². The second-order valence-electron chi connectivity index (χ2n) is 3.50. The fourth-order valence-corrected chi connectivity index (χ4v) is 1.15. The fourth-order valence-electron chi connectivity index (χ4n) is 1.15. The van der Waals surface area contributed by atoms with Crippen LogP contribution in [0.15, 0.2) is 0 Å². The van der Waals surface area contributed by atoms with E-state index in [4.69, 9.17) is 5.11 Å². The van der Waals surface area contributed by atoms with Gasteiger partial charge in [-0.2, -0.15) is 0 Å². The maximum Gasteiger partial charge on any atom is 0.220 e. The monoisotopic (exact) mass is 171 g/mol. The van der Waals surface area contributed by atoms with Gasteiger partial charge in [0, 0.05) is 6.42 Å². The van der Waals surface area contributed by atoms with Crippen molar-refractivity contribution >= 4 is 5.91 Å². The van der Waals surface area contributed by atoms with Crippen LogP contribution < -0.4 is 5.32 Å². The zero-order valence-electron chi connectivity index (χ0n) is 7.55. The molecule has 12 heavy (non-hydrogen) atoms. The summed E-state index contributed by atoms with van der Waals surface area (Å²) in [6.07, 6.45) is 3.84. The van der Waals surface area contributed by atoms with Crippen molar-refractivity contribution in [3.63, 3.8) is 0 Å². The molecule has 0 aromatic rings. The molecule has 0 saturated heterocycles. The first-order valence-corrected chi connectivity index (χ1v) is 4.66. The average molecular weight is 171 g/mol. The van der Waals surface area contributed by atoms with Gasteiger partial charge in [0.05, 0.1) is 12.6 Å². The van der Waals surface area contributed by atoms with E-state index in [9.17, 15) is 4.79 Å². The van der Waals surface area contributed by atoms with E-state index in [1.807, 2.05) is 6.92 Å². The quantitative estimate of drug-likeness (QED) is 0.639. The number of hydrogen-bond donors (Lipinski definition) is 2. The molecule has 70 valence electrons. The van der Waals surface area contributed by atoms with Crippen LogP contribution in [0.1, 0.15) is 32.6 Å². The van der Waals surface area contributed by atoms with Crippen LogP contribution in [0.25, 0.3) is 0 Å². The number of carbonyl (C=O) groups excluding carboxylic acids is 1. The predicted octanol–water partition coefficient (Wildman–Crippen LogP) is 0.674. The Morgan fingerprint density at radius 2 is 2.33 bits per heavy atom. The van der Waals surface area contributed by atoms with Gasteiger partial charge in [-0.15, -0.1) is 0 Å². The molecule has 3 heteroatoms. The second-order valence-corrected chi connectivity index (χ2v) is 3.50. The summed E-state index contributed by atoms with van der Waals surface area (Å²) in [5, 5.41) is 11.6. The van der Waals surface area contributed by atoms with Crippen LogP contribution in [0.4, 0.5) is 0 Å². The van der Waals surface area contributed by atoms with Gasteiger partial charge in [-0.25, -0.2) is 0 Å². The summed E-state index contributed by atoms with van der Waals surface area (Å²) in [5.74, 6) is 0.722. The predicted molar refractivity (Wildman–Crippen MR) is 46.6 cm³/mol. The van der Waals surface area contributed by atoms with Crippen molar-refractivity contribution in [3.8, 4) is 0 Å². The summed E-state index contributed by atoms with van der Waals surface area (Å²) in [5.41, 5.74) is 0. The van der Waals surface area contributed by atoms with Crippen molar-refractivity contribution in [2.24, 2.45) is 5.92 Å². The molecule has 1 aliphatic carbocycles. The van der Waals surface area contributed by atoms with Gasteiger partial charge in [0.2, 0.25) is 5.91 Å². The summed E-state index contributed by atoms with van der Waals surface area (Å²) in [4.78, 5) is 11.2. The molecule has 0 spiro atoms. The Hall–Kier alpha value is -0.570. The van der Waals surface area contributed by atoms with Crippen molar-refractivity contribution in [1.29, 1.82) is 0 Å². The summed E-state index contributed by atoms with van der Waals surface area (Å²) < 4.78 is 0. The summed E-state index contributed by atoms with van der Waals surface area (Å²) in [6.45, 7) is 2.01. The highest BCUT2D eigenvalue weighted by Crippen LogP contribution is 2.32. The smallest absolute Gasteiger partial charge is 0.220 e. The third-order valence-corrected chi connectivity index (χ3v) is 2.25. The molecule has 3 nitrogen and oxygen atoms in total. The highest BCUT2D eigenvalue weighted by molar-refractivity contribution is 5.76. The molecule has 1 atom stereocenters. The maximum absolute atomic E-state index is 11.2. The van der Waals surface area contributed by atoms with Crippen LogP contribution in [0.3, 0.4) is 0 Å². The highest BCUT2D eigenvalue weighted by atomic mass is 16.3. The van der Waals surface area contributed by atoms with Crippen LogP contribution in [0.5, 0.6) is 0 Å². The number of nitrogens with one attached hydrogen (secondary N) is 1. The Morgan fingerprint density at radius 1 is 1.67 bits per heavy atom. The second kappa shape index (κ2) is 4.45. The molecule has 1 aliphatic rings. The number of aliphatic hydroxyl groups is 1. The minimum absolute atomic E-state index is 0.0451. The SMILES string of the molecule is CC[C@H](CO)NC(=O)CC1CC1. The topological polar surface area (TPSA) is 49.3 Å². The zero-order valence-corrected chi connectivity index (χ0v) is 7.55. The third-order valence-electron chi connectivity index (χ3n) is 2.25. The Kier molecular flexibility index (Phi) is 3.53. The molecular formula is C9H17NO2. The van der Waals surface area contributed by atoms with Crippen LogP contribution in [0.2, 0.25) is 0 Å². The summed E-state index contributed by atoms with van der Waals surface area (Å²) in [6, 6.07) is -0.0451. The lowest BCUT2D eigenvalue weighted by atomic mass is 10.2. The molecule has 0 aromatic heterocycles. The van der Waals surface area contributed by atoms with E-state index >= 15 is 0 Å². The van der Waals surface area contributed by atoms with Gasteiger partial charge >= 0.3 is 0 Å². The number of aliphatic hydroxyl groups excluding tert-OH is 1. The van der Waals surface area contributed by atoms with Crippen LogP contribution >= 0.6 is 0 Å². The number of hydrogen-bond acceptors (Lipinski definition) is 2. The molecule has 1 rings (SSSR count). The lowest BCUT2D eigenvalue weighted by molar-refractivity contribution is -0.122. The van der Waals surface area contributed by atoms with E-state index in [2.05, 4.69) is 5.32 Å². The van der Waals surface area contributed by atoms with E-state index < -0.39 is 0 Å². The van der Waals surface area contributed by atoms with Gasteiger partial charge in [-0.3, -0.25) is 4.79 Å². The molecule has 0 heterocycles. The van der Waals surface area contributed by atoms with E-state index in [1.54, 1.807) is 0 Å². The Bertz CT molecular complexity index is 151. The largest absolute Gasteiger partial charge is 0.394 e. The van der Waals surface area contributed by atoms with Crippen molar-refractivity contribution in [1.82, 2.24) is 5.32 Å². The third kappa shape index (κ3) is 3.22. The molecule has 0 aliphatic heterocycles. The van der Waals surface area contributed by atoms with E-state index in [0.29, 0.717) is 12.3 Å². The normalized spacial score (nSPS) is 18.8. The van der Waals surface area contributed by atoms with Crippen molar-refractivity contribution in [2.75, 3.05) is 6.61 Å². The van der Waals surface area contributed by atoms with Gasteiger partial charge in [0.25, 0.3) is 0 Å². The minimum Gasteiger partial charge on any atom is -0.394 e. The number of amides is 1. The fraction of sp³-hybridized carbons (Fsp3) is 0.889. The summed E-state index contributed by atoms with van der Waals surface area (Å²) >= 11 is 0. The minimum atomic E-state index is -0.0451. The lowest BCUT2D eigenvalue weighted by Gasteiger charge is -2.13. The van der Waals surface area contributed by atoms with Gasteiger partial charge in [0.15, 0.2) is 0 Å².